The maximum absolute atomic E-state index is 5.72. The number of aromatic amines is 1. The number of nitrogens with one attached hydrogen (secondary N) is 1. The first-order chi connectivity index (χ1) is 6.38. The number of hydrogen-bond acceptors (Lipinski definition) is 4. The van der Waals surface area contributed by atoms with Gasteiger partial charge in [-0.15, -0.1) is 0 Å². The fourth-order valence-electron chi connectivity index (χ4n) is 1.53. The lowest BCUT2D eigenvalue weighted by molar-refractivity contribution is 0.152. The van der Waals surface area contributed by atoms with Gasteiger partial charge in [0, 0.05) is 19.7 Å². The highest BCUT2D eigenvalue weighted by molar-refractivity contribution is 5.62. The molecule has 5 heteroatoms. The molecule has 2 rings (SSSR count). The molecule has 2 heterocycles. The molecule has 0 aliphatic carbocycles. The summed E-state index contributed by atoms with van der Waals surface area (Å²) in [6.07, 6.45) is 2.81. The van der Waals surface area contributed by atoms with Gasteiger partial charge in [0.15, 0.2) is 0 Å². The van der Waals surface area contributed by atoms with E-state index < -0.39 is 0 Å². The molecular weight excluding hydrogens is 168 g/mol. The molecule has 1 saturated heterocycles. The molecule has 0 radical (unpaired) electrons. The second-order valence-electron chi connectivity index (χ2n) is 3.12. The van der Waals surface area contributed by atoms with Gasteiger partial charge in [-0.1, -0.05) is 0 Å². The molecule has 1 aliphatic rings. The Morgan fingerprint density at radius 1 is 1.46 bits per heavy atom. The number of aromatic nitrogens is 2. The molecule has 5 nitrogen and oxygen atoms in total. The van der Waals surface area contributed by atoms with Crippen molar-refractivity contribution < 1.29 is 4.74 Å². The van der Waals surface area contributed by atoms with Gasteiger partial charge in [0.25, 0.3) is 0 Å². The van der Waals surface area contributed by atoms with E-state index in [-0.39, 0.29) is 0 Å². The van der Waals surface area contributed by atoms with Crippen LogP contribution in [-0.2, 0) is 4.74 Å². The van der Waals surface area contributed by atoms with Crippen LogP contribution in [0.3, 0.4) is 0 Å². The predicted molar refractivity (Wildman–Crippen MR) is 50.6 cm³/mol. The van der Waals surface area contributed by atoms with Crippen LogP contribution >= 0.6 is 0 Å². The molecule has 0 amide bonds. The van der Waals surface area contributed by atoms with E-state index in [0.717, 1.165) is 38.4 Å². The summed E-state index contributed by atoms with van der Waals surface area (Å²) in [7, 11) is 0. The highest BCUT2D eigenvalue weighted by Crippen LogP contribution is 2.20. The first-order valence-corrected chi connectivity index (χ1v) is 4.49. The van der Waals surface area contributed by atoms with E-state index in [0.29, 0.717) is 5.82 Å². The average Bonchev–Trinajstić information content (AvgIpc) is 2.43. The van der Waals surface area contributed by atoms with Crippen molar-refractivity contribution in [2.75, 3.05) is 36.9 Å². The summed E-state index contributed by atoms with van der Waals surface area (Å²) in [4.78, 5) is 2.20. The number of H-pyrrole nitrogens is 1. The van der Waals surface area contributed by atoms with Gasteiger partial charge in [-0.05, 0) is 6.42 Å². The maximum atomic E-state index is 5.72. The van der Waals surface area contributed by atoms with Crippen LogP contribution in [-0.4, -0.2) is 36.5 Å². The van der Waals surface area contributed by atoms with E-state index in [1.165, 1.54) is 0 Å². The number of rotatable bonds is 1. The molecular formula is C8H14N4O. The minimum Gasteiger partial charge on any atom is -0.382 e. The van der Waals surface area contributed by atoms with Crippen LogP contribution in [0.4, 0.5) is 11.5 Å². The highest BCUT2D eigenvalue weighted by Gasteiger charge is 2.13. The van der Waals surface area contributed by atoms with E-state index in [1.807, 2.05) is 0 Å². The van der Waals surface area contributed by atoms with Crippen molar-refractivity contribution in [2.24, 2.45) is 0 Å². The second-order valence-corrected chi connectivity index (χ2v) is 3.12. The first kappa shape index (κ1) is 8.37. The number of nitrogen functional groups attached to an aromatic ring is 1. The molecule has 13 heavy (non-hydrogen) atoms. The summed E-state index contributed by atoms with van der Waals surface area (Å²) in [6, 6.07) is 0. The van der Waals surface area contributed by atoms with Crippen molar-refractivity contribution >= 4 is 11.5 Å². The van der Waals surface area contributed by atoms with Gasteiger partial charge in [-0.25, -0.2) is 0 Å². The molecule has 1 fully saturated rings. The predicted octanol–water partition coefficient (Wildman–Crippen LogP) is 0.219. The number of nitrogens with zero attached hydrogens (tertiary/aromatic N) is 2. The minimum absolute atomic E-state index is 0.641. The van der Waals surface area contributed by atoms with Crippen LogP contribution in [0.15, 0.2) is 6.20 Å². The zero-order valence-corrected chi connectivity index (χ0v) is 7.49. The number of nitrogens with two attached hydrogens (primary N) is 1. The lowest BCUT2D eigenvalue weighted by Crippen LogP contribution is -2.26. The number of hydrogen-bond donors (Lipinski definition) is 2. The van der Waals surface area contributed by atoms with Crippen molar-refractivity contribution in [2.45, 2.75) is 6.42 Å². The van der Waals surface area contributed by atoms with E-state index in [1.54, 1.807) is 6.20 Å². The summed E-state index contributed by atoms with van der Waals surface area (Å²) in [6.45, 7) is 3.49. The van der Waals surface area contributed by atoms with Gasteiger partial charge >= 0.3 is 0 Å². The summed E-state index contributed by atoms with van der Waals surface area (Å²) in [5.74, 6) is 0.641. The Labute approximate surface area is 76.9 Å². The summed E-state index contributed by atoms with van der Waals surface area (Å²) < 4.78 is 5.35. The lowest BCUT2D eigenvalue weighted by Gasteiger charge is -2.19. The molecule has 0 aromatic carbocycles. The molecule has 0 saturated carbocycles. The molecule has 1 aliphatic heterocycles. The third-order valence-electron chi connectivity index (χ3n) is 2.21. The molecule has 0 unspecified atom stereocenters. The summed E-state index contributed by atoms with van der Waals surface area (Å²) in [5, 5.41) is 6.63. The van der Waals surface area contributed by atoms with E-state index in [2.05, 4.69) is 15.1 Å². The van der Waals surface area contributed by atoms with Gasteiger partial charge in [0.05, 0.1) is 18.5 Å². The van der Waals surface area contributed by atoms with Crippen LogP contribution in [0.5, 0.6) is 0 Å². The maximum Gasteiger partial charge on any atom is 0.142 e. The Morgan fingerprint density at radius 2 is 2.38 bits per heavy atom. The highest BCUT2D eigenvalue weighted by atomic mass is 16.5. The van der Waals surface area contributed by atoms with Crippen LogP contribution in [0, 0.1) is 0 Å². The molecule has 0 atom stereocenters. The first-order valence-electron chi connectivity index (χ1n) is 4.49. The monoisotopic (exact) mass is 182 g/mol. The van der Waals surface area contributed by atoms with Crippen LogP contribution in [0.2, 0.25) is 0 Å². The number of ether oxygens (including phenoxy) is 1. The third-order valence-corrected chi connectivity index (χ3v) is 2.21. The van der Waals surface area contributed by atoms with E-state index in [9.17, 15) is 0 Å². The van der Waals surface area contributed by atoms with Crippen molar-refractivity contribution in [3.8, 4) is 0 Å². The molecule has 0 bridgehead atoms. The van der Waals surface area contributed by atoms with Crippen molar-refractivity contribution in [3.63, 3.8) is 0 Å². The summed E-state index contributed by atoms with van der Waals surface area (Å²) >= 11 is 0. The molecule has 1 aromatic heterocycles. The quantitative estimate of drug-likeness (QED) is 0.652. The fraction of sp³-hybridized carbons (Fsp3) is 0.625. The molecule has 1 aromatic rings. The van der Waals surface area contributed by atoms with E-state index in [4.69, 9.17) is 10.5 Å². The molecule has 72 valence electrons. The van der Waals surface area contributed by atoms with Gasteiger partial charge in [0.1, 0.15) is 5.82 Å². The Morgan fingerprint density at radius 3 is 3.15 bits per heavy atom. The second kappa shape index (κ2) is 3.66. The fourth-order valence-corrected chi connectivity index (χ4v) is 1.53. The topological polar surface area (TPSA) is 67.2 Å². The average molecular weight is 182 g/mol. The Bertz CT molecular complexity index is 265. The Balaban J connectivity index is 2.10. The van der Waals surface area contributed by atoms with Crippen LogP contribution < -0.4 is 10.6 Å². The van der Waals surface area contributed by atoms with Gasteiger partial charge in [-0.2, -0.15) is 5.10 Å². The number of anilines is 2. The smallest absolute Gasteiger partial charge is 0.142 e. The van der Waals surface area contributed by atoms with E-state index >= 15 is 0 Å². The Kier molecular flexibility index (Phi) is 2.35. The van der Waals surface area contributed by atoms with Crippen LogP contribution in [0.25, 0.3) is 0 Å². The van der Waals surface area contributed by atoms with Crippen LogP contribution in [0.1, 0.15) is 6.42 Å². The zero-order chi connectivity index (χ0) is 9.10. The lowest BCUT2D eigenvalue weighted by atomic mass is 10.3. The SMILES string of the molecule is Nc1[nH]ncc1N1CCCOCC1. The van der Waals surface area contributed by atoms with Gasteiger partial charge in [-0.3, -0.25) is 5.10 Å². The zero-order valence-electron chi connectivity index (χ0n) is 7.49. The van der Waals surface area contributed by atoms with Crippen molar-refractivity contribution in [1.82, 2.24) is 10.2 Å². The van der Waals surface area contributed by atoms with Gasteiger partial charge < -0.3 is 15.4 Å². The third kappa shape index (κ3) is 1.75. The largest absolute Gasteiger partial charge is 0.382 e. The minimum atomic E-state index is 0.641. The molecule has 0 spiro atoms. The summed E-state index contributed by atoms with van der Waals surface area (Å²) in [5.41, 5.74) is 6.71. The van der Waals surface area contributed by atoms with Gasteiger partial charge in [0.2, 0.25) is 0 Å². The normalized spacial score (nSPS) is 18.6. The van der Waals surface area contributed by atoms with Crippen molar-refractivity contribution in [3.05, 3.63) is 6.20 Å². The molecule has 3 N–H and O–H groups in total. The Hall–Kier alpha value is -1.23. The standard InChI is InChI=1S/C8H14N4O/c9-8-7(6-10-11-8)12-2-1-4-13-5-3-12/h6H,1-5H2,(H3,9,10,11). The van der Waals surface area contributed by atoms with Crippen molar-refractivity contribution in [1.29, 1.82) is 0 Å².